The van der Waals surface area contributed by atoms with Gasteiger partial charge in [-0.2, -0.15) is 0 Å². The molecule has 7 heteroatoms. The van der Waals surface area contributed by atoms with Gasteiger partial charge in [-0.15, -0.1) is 0 Å². The van der Waals surface area contributed by atoms with E-state index >= 15 is 0 Å². The molecule has 0 aliphatic carbocycles. The molecule has 1 N–H and O–H groups in total. The summed E-state index contributed by atoms with van der Waals surface area (Å²) in [6, 6.07) is 6.56. The third-order valence-corrected chi connectivity index (χ3v) is 4.08. The fraction of sp³-hybridized carbons (Fsp3) is 0.471. The van der Waals surface area contributed by atoms with E-state index in [-0.39, 0.29) is 24.0 Å². The molecule has 0 saturated carbocycles. The number of nitrogens with zero attached hydrogens (tertiary/aromatic N) is 2. The number of carboxylic acids is 1. The van der Waals surface area contributed by atoms with E-state index < -0.39 is 5.97 Å². The molecular weight excluding hydrogens is 312 g/mol. The number of methoxy groups -OCH3 is 1. The summed E-state index contributed by atoms with van der Waals surface area (Å²) in [7, 11) is 1.49. The molecule has 1 saturated heterocycles. The number of carbonyl (C=O) groups is 3. The second-order valence-electron chi connectivity index (χ2n) is 5.70. The van der Waals surface area contributed by atoms with Crippen LogP contribution in [-0.4, -0.2) is 72.6 Å². The molecule has 1 heterocycles. The van der Waals surface area contributed by atoms with Crippen molar-refractivity contribution in [2.45, 2.75) is 12.8 Å². The summed E-state index contributed by atoms with van der Waals surface area (Å²) >= 11 is 0. The predicted octanol–water partition coefficient (Wildman–Crippen LogP) is 0.635. The summed E-state index contributed by atoms with van der Waals surface area (Å²) in [5.74, 6) is -0.960. The predicted molar refractivity (Wildman–Crippen MR) is 86.8 cm³/mol. The zero-order chi connectivity index (χ0) is 17.5. The summed E-state index contributed by atoms with van der Waals surface area (Å²) < 4.78 is 4.83. The van der Waals surface area contributed by atoms with Crippen molar-refractivity contribution in [1.82, 2.24) is 9.80 Å². The first-order valence-corrected chi connectivity index (χ1v) is 7.88. The average Bonchev–Trinajstić information content (AvgIpc) is 2.60. The van der Waals surface area contributed by atoms with Crippen LogP contribution in [0, 0.1) is 0 Å². The van der Waals surface area contributed by atoms with Crippen molar-refractivity contribution in [3.05, 3.63) is 35.4 Å². The molecule has 0 spiro atoms. The molecule has 0 radical (unpaired) electrons. The Balaban J connectivity index is 1.77. The second-order valence-corrected chi connectivity index (χ2v) is 5.70. The number of aryl methyl sites for hydroxylation is 1. The van der Waals surface area contributed by atoms with Crippen LogP contribution in [0.3, 0.4) is 0 Å². The molecule has 1 aromatic carbocycles. The van der Waals surface area contributed by atoms with Crippen molar-refractivity contribution in [3.63, 3.8) is 0 Å². The summed E-state index contributed by atoms with van der Waals surface area (Å²) in [6.45, 7) is 2.20. The smallest absolute Gasteiger partial charge is 0.335 e. The lowest BCUT2D eigenvalue weighted by atomic mass is 10.1. The van der Waals surface area contributed by atoms with Crippen molar-refractivity contribution < 1.29 is 24.2 Å². The van der Waals surface area contributed by atoms with Crippen LogP contribution < -0.4 is 0 Å². The maximum absolute atomic E-state index is 12.3. The quantitative estimate of drug-likeness (QED) is 0.825. The van der Waals surface area contributed by atoms with E-state index in [1.807, 2.05) is 0 Å². The van der Waals surface area contributed by atoms with Crippen LogP contribution in [0.4, 0.5) is 0 Å². The lowest BCUT2D eigenvalue weighted by Crippen LogP contribution is -2.51. The molecule has 1 aliphatic rings. The number of carboxylic acid groups (broad SMARTS) is 1. The summed E-state index contributed by atoms with van der Waals surface area (Å²) in [5.41, 5.74) is 1.17. The van der Waals surface area contributed by atoms with Gasteiger partial charge in [0.2, 0.25) is 11.8 Å². The Hall–Kier alpha value is -2.41. The van der Waals surface area contributed by atoms with Crippen LogP contribution in [0.15, 0.2) is 24.3 Å². The van der Waals surface area contributed by atoms with Gasteiger partial charge >= 0.3 is 5.97 Å². The molecule has 0 aromatic heterocycles. The number of benzene rings is 1. The number of carbonyl (C=O) groups excluding carboxylic acids is 2. The van der Waals surface area contributed by atoms with Gasteiger partial charge in [0, 0.05) is 39.7 Å². The molecule has 1 aliphatic heterocycles. The fourth-order valence-electron chi connectivity index (χ4n) is 2.64. The third-order valence-electron chi connectivity index (χ3n) is 4.08. The molecule has 2 amide bonds. The van der Waals surface area contributed by atoms with Gasteiger partial charge in [0.25, 0.3) is 0 Å². The Morgan fingerprint density at radius 3 is 2.04 bits per heavy atom. The fourth-order valence-corrected chi connectivity index (χ4v) is 2.64. The van der Waals surface area contributed by atoms with Crippen molar-refractivity contribution in [2.75, 3.05) is 39.9 Å². The standard InChI is InChI=1S/C17H22N2O5/c1-24-12-16(21)19-10-8-18(9-11-19)15(20)7-4-13-2-5-14(6-3-13)17(22)23/h2-3,5-6H,4,7-12H2,1H3,(H,22,23). The van der Waals surface area contributed by atoms with E-state index in [0.29, 0.717) is 39.0 Å². The molecular formula is C17H22N2O5. The van der Waals surface area contributed by atoms with Gasteiger partial charge in [-0.3, -0.25) is 9.59 Å². The highest BCUT2D eigenvalue weighted by Gasteiger charge is 2.23. The number of hydrogen-bond acceptors (Lipinski definition) is 4. The lowest BCUT2D eigenvalue weighted by molar-refractivity contribution is -0.141. The van der Waals surface area contributed by atoms with Gasteiger partial charge in [-0.25, -0.2) is 4.79 Å². The number of hydrogen-bond donors (Lipinski definition) is 1. The number of ether oxygens (including phenoxy) is 1. The van der Waals surface area contributed by atoms with Crippen LogP contribution in [-0.2, 0) is 20.7 Å². The highest BCUT2D eigenvalue weighted by Crippen LogP contribution is 2.10. The number of amides is 2. The maximum atomic E-state index is 12.3. The summed E-state index contributed by atoms with van der Waals surface area (Å²) in [5, 5.41) is 8.86. The van der Waals surface area contributed by atoms with Crippen LogP contribution in [0.25, 0.3) is 0 Å². The number of piperazine rings is 1. The minimum Gasteiger partial charge on any atom is -0.478 e. The zero-order valence-corrected chi connectivity index (χ0v) is 13.7. The Morgan fingerprint density at radius 1 is 1.00 bits per heavy atom. The molecule has 1 aromatic rings. The normalized spacial score (nSPS) is 14.5. The molecule has 130 valence electrons. The lowest BCUT2D eigenvalue weighted by Gasteiger charge is -2.34. The van der Waals surface area contributed by atoms with Gasteiger partial charge in [-0.1, -0.05) is 12.1 Å². The first kappa shape index (κ1) is 17.9. The first-order chi connectivity index (χ1) is 11.5. The highest BCUT2D eigenvalue weighted by molar-refractivity contribution is 5.87. The van der Waals surface area contributed by atoms with Gasteiger partial charge in [0.15, 0.2) is 0 Å². The zero-order valence-electron chi connectivity index (χ0n) is 13.7. The molecule has 0 unspecified atom stereocenters. The van der Waals surface area contributed by atoms with E-state index in [4.69, 9.17) is 9.84 Å². The second kappa shape index (κ2) is 8.44. The van der Waals surface area contributed by atoms with Gasteiger partial charge in [-0.05, 0) is 24.1 Å². The van der Waals surface area contributed by atoms with E-state index in [9.17, 15) is 14.4 Å². The highest BCUT2D eigenvalue weighted by atomic mass is 16.5. The van der Waals surface area contributed by atoms with Crippen LogP contribution in [0.5, 0.6) is 0 Å². The van der Waals surface area contributed by atoms with E-state index in [2.05, 4.69) is 0 Å². The number of rotatable bonds is 6. The maximum Gasteiger partial charge on any atom is 0.335 e. The van der Waals surface area contributed by atoms with E-state index in [0.717, 1.165) is 5.56 Å². The summed E-state index contributed by atoms with van der Waals surface area (Å²) in [4.78, 5) is 38.2. The monoisotopic (exact) mass is 334 g/mol. The average molecular weight is 334 g/mol. The Labute approximate surface area is 140 Å². The molecule has 1 fully saturated rings. The van der Waals surface area contributed by atoms with E-state index in [1.54, 1.807) is 34.1 Å². The van der Waals surface area contributed by atoms with Gasteiger partial charge in [0.1, 0.15) is 6.61 Å². The van der Waals surface area contributed by atoms with Crippen molar-refractivity contribution in [1.29, 1.82) is 0 Å². The molecule has 2 rings (SSSR count). The van der Waals surface area contributed by atoms with Crippen molar-refractivity contribution >= 4 is 17.8 Å². The largest absolute Gasteiger partial charge is 0.478 e. The minimum absolute atomic E-state index is 0.0520. The SMILES string of the molecule is COCC(=O)N1CCN(C(=O)CCc2ccc(C(=O)O)cc2)CC1. The van der Waals surface area contributed by atoms with Crippen LogP contribution >= 0.6 is 0 Å². The molecule has 7 nitrogen and oxygen atoms in total. The Bertz CT molecular complexity index is 592. The van der Waals surface area contributed by atoms with Crippen molar-refractivity contribution in [3.8, 4) is 0 Å². The first-order valence-electron chi connectivity index (χ1n) is 7.88. The Morgan fingerprint density at radius 2 is 1.54 bits per heavy atom. The van der Waals surface area contributed by atoms with Gasteiger partial charge < -0.3 is 19.6 Å². The van der Waals surface area contributed by atoms with Crippen LogP contribution in [0.1, 0.15) is 22.3 Å². The van der Waals surface area contributed by atoms with Crippen molar-refractivity contribution in [2.24, 2.45) is 0 Å². The molecule has 0 atom stereocenters. The topological polar surface area (TPSA) is 87.2 Å². The Kier molecular flexibility index (Phi) is 6.31. The van der Waals surface area contributed by atoms with Gasteiger partial charge in [0.05, 0.1) is 5.56 Å². The third kappa shape index (κ3) is 4.79. The van der Waals surface area contributed by atoms with Crippen LogP contribution in [0.2, 0.25) is 0 Å². The van der Waals surface area contributed by atoms with E-state index in [1.165, 1.54) is 7.11 Å². The molecule has 0 bridgehead atoms. The molecule has 24 heavy (non-hydrogen) atoms. The number of aromatic carboxylic acids is 1. The minimum atomic E-state index is -0.960. The summed E-state index contributed by atoms with van der Waals surface area (Å²) in [6.07, 6.45) is 0.944.